The quantitative estimate of drug-likeness (QED) is 0.583. The van der Waals surface area contributed by atoms with Crippen LogP contribution < -0.4 is 9.47 Å². The van der Waals surface area contributed by atoms with Gasteiger partial charge in [0.15, 0.2) is 11.5 Å². The fraction of sp³-hybridized carbons (Fsp3) is 0.312. The molecule has 0 atom stereocenters. The fourth-order valence-electron chi connectivity index (χ4n) is 2.25. The summed E-state index contributed by atoms with van der Waals surface area (Å²) in [5, 5.41) is -0.177. The first-order valence-corrected chi connectivity index (χ1v) is 8.58. The van der Waals surface area contributed by atoms with Crippen LogP contribution in [0.3, 0.4) is 0 Å². The summed E-state index contributed by atoms with van der Waals surface area (Å²) < 4.78 is 15.5. The number of imide groups is 1. The summed E-state index contributed by atoms with van der Waals surface area (Å²) in [5.74, 6) is -0.175. The van der Waals surface area contributed by atoms with Crippen molar-refractivity contribution >= 4 is 46.6 Å². The smallest absolute Gasteiger partial charge is 0.326 e. The van der Waals surface area contributed by atoms with Gasteiger partial charge in [0.2, 0.25) is 6.79 Å². The Labute approximate surface area is 152 Å². The van der Waals surface area contributed by atoms with Crippen LogP contribution in [0.1, 0.15) is 19.4 Å². The lowest BCUT2D eigenvalue weighted by atomic mass is 10.2. The van der Waals surface area contributed by atoms with Crippen molar-refractivity contribution in [3.05, 3.63) is 27.6 Å². The molecule has 9 heteroatoms. The monoisotopic (exact) mass is 383 g/mol. The Morgan fingerprint density at radius 3 is 2.72 bits per heavy atom. The molecular formula is C16H14ClNO6S. The summed E-state index contributed by atoms with van der Waals surface area (Å²) >= 11 is 6.91. The van der Waals surface area contributed by atoms with E-state index < -0.39 is 23.7 Å². The first kappa shape index (κ1) is 17.6. The number of fused-ring (bicyclic) bond motifs is 1. The maximum atomic E-state index is 12.4. The number of rotatable bonds is 4. The van der Waals surface area contributed by atoms with Crippen LogP contribution in [0.4, 0.5) is 4.79 Å². The van der Waals surface area contributed by atoms with Crippen LogP contribution in [0.2, 0.25) is 5.02 Å². The number of hydrogen-bond acceptors (Lipinski definition) is 7. The summed E-state index contributed by atoms with van der Waals surface area (Å²) in [6, 6.07) is 3.21. The van der Waals surface area contributed by atoms with Gasteiger partial charge in [-0.25, -0.2) is 0 Å². The summed E-state index contributed by atoms with van der Waals surface area (Å²) in [4.78, 5) is 37.1. The molecule has 0 aliphatic carbocycles. The van der Waals surface area contributed by atoms with Crippen LogP contribution in [-0.4, -0.2) is 41.5 Å². The van der Waals surface area contributed by atoms with Gasteiger partial charge in [0.05, 0.1) is 16.0 Å². The van der Waals surface area contributed by atoms with Gasteiger partial charge in [-0.05, 0) is 43.3 Å². The summed E-state index contributed by atoms with van der Waals surface area (Å²) in [5.41, 5.74) is 0.515. The van der Waals surface area contributed by atoms with E-state index in [1.165, 1.54) is 6.08 Å². The molecule has 0 saturated carbocycles. The van der Waals surface area contributed by atoms with Crippen LogP contribution in [0.25, 0.3) is 6.08 Å². The lowest BCUT2D eigenvalue weighted by Gasteiger charge is -2.13. The number of halogens is 1. The number of carbonyl (C=O) groups is 3. The largest absolute Gasteiger partial charge is 0.462 e. The predicted octanol–water partition coefficient (Wildman–Crippen LogP) is 3.06. The molecule has 0 bridgehead atoms. The Kier molecular flexibility index (Phi) is 4.91. The van der Waals surface area contributed by atoms with Crippen molar-refractivity contribution in [2.75, 3.05) is 13.3 Å². The molecule has 3 rings (SSSR count). The van der Waals surface area contributed by atoms with Crippen molar-refractivity contribution < 1.29 is 28.6 Å². The molecule has 1 fully saturated rings. The molecule has 0 spiro atoms. The van der Waals surface area contributed by atoms with Gasteiger partial charge in [-0.3, -0.25) is 19.3 Å². The lowest BCUT2D eigenvalue weighted by molar-refractivity contribution is -0.149. The second kappa shape index (κ2) is 6.97. The molecule has 2 amide bonds. The number of amides is 2. The number of carbonyl (C=O) groups excluding carboxylic acids is 3. The highest BCUT2D eigenvalue weighted by Gasteiger charge is 2.37. The molecule has 0 N–H and O–H groups in total. The highest BCUT2D eigenvalue weighted by Crippen LogP contribution is 2.39. The zero-order chi connectivity index (χ0) is 18.1. The normalized spacial score (nSPS) is 17.8. The minimum absolute atomic E-state index is 0.101. The summed E-state index contributed by atoms with van der Waals surface area (Å²) in [6.45, 7) is 3.05. The van der Waals surface area contributed by atoms with Gasteiger partial charge in [0.25, 0.3) is 11.1 Å². The SMILES string of the molecule is CC(C)OC(=O)CN1C(=O)S/C(=C/c2cc3c(cc2Cl)OCO3)C1=O. The van der Waals surface area contributed by atoms with Crippen molar-refractivity contribution in [3.63, 3.8) is 0 Å². The van der Waals surface area contributed by atoms with E-state index in [4.69, 9.17) is 25.8 Å². The maximum absolute atomic E-state index is 12.4. The van der Waals surface area contributed by atoms with Gasteiger partial charge < -0.3 is 14.2 Å². The van der Waals surface area contributed by atoms with Crippen LogP contribution in [0.5, 0.6) is 11.5 Å². The molecule has 1 saturated heterocycles. The van der Waals surface area contributed by atoms with Gasteiger partial charge in [0, 0.05) is 6.07 Å². The van der Waals surface area contributed by atoms with Crippen molar-refractivity contribution in [2.24, 2.45) is 0 Å². The third-order valence-corrected chi connectivity index (χ3v) is 4.54. The minimum Gasteiger partial charge on any atom is -0.462 e. The molecule has 25 heavy (non-hydrogen) atoms. The van der Waals surface area contributed by atoms with Gasteiger partial charge >= 0.3 is 5.97 Å². The summed E-state index contributed by atoms with van der Waals surface area (Å²) in [6.07, 6.45) is 1.17. The Hall–Kier alpha value is -2.19. The number of thioether (sulfide) groups is 1. The van der Waals surface area contributed by atoms with E-state index in [0.29, 0.717) is 22.1 Å². The Bertz CT molecular complexity index is 791. The Morgan fingerprint density at radius 2 is 2.04 bits per heavy atom. The fourth-order valence-corrected chi connectivity index (χ4v) is 3.29. The Morgan fingerprint density at radius 1 is 1.36 bits per heavy atom. The molecule has 2 aliphatic rings. The van der Waals surface area contributed by atoms with E-state index in [1.54, 1.807) is 26.0 Å². The van der Waals surface area contributed by atoms with E-state index in [2.05, 4.69) is 0 Å². The molecule has 132 valence electrons. The number of nitrogens with zero attached hydrogens (tertiary/aromatic N) is 1. The van der Waals surface area contributed by atoms with Gasteiger partial charge in [-0.1, -0.05) is 11.6 Å². The van der Waals surface area contributed by atoms with E-state index in [9.17, 15) is 14.4 Å². The standard InChI is InChI=1S/C16H14ClNO6S/c1-8(2)24-14(19)6-18-15(20)13(25-16(18)21)4-9-3-11-12(5-10(9)17)23-7-22-11/h3-5,8H,6-7H2,1-2H3/b13-4+. The molecule has 0 unspecified atom stereocenters. The highest BCUT2D eigenvalue weighted by atomic mass is 35.5. The number of ether oxygens (including phenoxy) is 3. The zero-order valence-electron chi connectivity index (χ0n) is 13.4. The topological polar surface area (TPSA) is 82.1 Å². The van der Waals surface area contributed by atoms with Gasteiger partial charge in [0.1, 0.15) is 6.54 Å². The molecule has 2 heterocycles. The Balaban J connectivity index is 1.80. The zero-order valence-corrected chi connectivity index (χ0v) is 15.0. The molecular weight excluding hydrogens is 370 g/mol. The minimum atomic E-state index is -0.639. The first-order valence-electron chi connectivity index (χ1n) is 7.39. The van der Waals surface area contributed by atoms with Crippen molar-refractivity contribution in [1.82, 2.24) is 4.90 Å². The van der Waals surface area contributed by atoms with Crippen LogP contribution in [0, 0.1) is 0 Å². The lowest BCUT2D eigenvalue weighted by Crippen LogP contribution is -2.35. The second-order valence-corrected chi connectivity index (χ2v) is 6.93. The predicted molar refractivity (Wildman–Crippen MR) is 91.5 cm³/mol. The first-order chi connectivity index (χ1) is 11.8. The molecule has 1 aromatic rings. The maximum Gasteiger partial charge on any atom is 0.326 e. The number of hydrogen-bond donors (Lipinski definition) is 0. The third-order valence-electron chi connectivity index (χ3n) is 3.31. The van der Waals surface area contributed by atoms with E-state index in [1.807, 2.05) is 0 Å². The number of esters is 1. The third kappa shape index (κ3) is 3.74. The average molecular weight is 384 g/mol. The van der Waals surface area contributed by atoms with Crippen molar-refractivity contribution in [1.29, 1.82) is 0 Å². The molecule has 0 radical (unpaired) electrons. The van der Waals surface area contributed by atoms with Crippen LogP contribution in [0.15, 0.2) is 17.0 Å². The molecule has 0 aromatic heterocycles. The van der Waals surface area contributed by atoms with Gasteiger partial charge in [-0.15, -0.1) is 0 Å². The van der Waals surface area contributed by atoms with Crippen molar-refractivity contribution in [2.45, 2.75) is 20.0 Å². The molecule has 1 aromatic carbocycles. The molecule has 2 aliphatic heterocycles. The van der Waals surface area contributed by atoms with Crippen molar-refractivity contribution in [3.8, 4) is 11.5 Å². The highest BCUT2D eigenvalue weighted by molar-refractivity contribution is 8.18. The van der Waals surface area contributed by atoms with Crippen LogP contribution >= 0.6 is 23.4 Å². The van der Waals surface area contributed by atoms with Crippen LogP contribution in [-0.2, 0) is 14.3 Å². The average Bonchev–Trinajstić information content (AvgIpc) is 3.06. The van der Waals surface area contributed by atoms with E-state index >= 15 is 0 Å². The second-order valence-electron chi connectivity index (χ2n) is 5.53. The summed E-state index contributed by atoms with van der Waals surface area (Å²) in [7, 11) is 0. The molecule has 7 nitrogen and oxygen atoms in total. The number of benzene rings is 1. The van der Waals surface area contributed by atoms with Gasteiger partial charge in [-0.2, -0.15) is 0 Å². The van der Waals surface area contributed by atoms with E-state index in [0.717, 1.165) is 16.7 Å². The van der Waals surface area contributed by atoms with E-state index in [-0.39, 0.29) is 17.8 Å².